The van der Waals surface area contributed by atoms with Gasteiger partial charge >= 0.3 is 0 Å². The van der Waals surface area contributed by atoms with Crippen molar-refractivity contribution in [3.05, 3.63) is 18.2 Å². The maximum Gasteiger partial charge on any atom is 0.247 e. The van der Waals surface area contributed by atoms with Gasteiger partial charge in [0.2, 0.25) is 5.91 Å². The fraction of sp³-hybridized carbons (Fsp3) is 0.308. The van der Waals surface area contributed by atoms with Crippen molar-refractivity contribution in [1.82, 2.24) is 0 Å². The predicted molar refractivity (Wildman–Crippen MR) is 74.9 cm³/mol. The number of rotatable bonds is 3. The van der Waals surface area contributed by atoms with Crippen LogP contribution in [0.3, 0.4) is 0 Å². The molecular formula is C13H16N4O2. The molecule has 6 nitrogen and oxygen atoms in total. The molecule has 0 fully saturated rings. The largest absolute Gasteiger partial charge is 0.489 e. The summed E-state index contributed by atoms with van der Waals surface area (Å²) in [5.41, 5.74) is 7.08. The van der Waals surface area contributed by atoms with Gasteiger partial charge in [-0.1, -0.05) is 0 Å². The molecule has 0 bridgehead atoms. The molecule has 1 aromatic rings. The Labute approximate surface area is 111 Å². The zero-order valence-electron chi connectivity index (χ0n) is 10.7. The van der Waals surface area contributed by atoms with Crippen molar-refractivity contribution in [2.75, 3.05) is 18.6 Å². The quantitative estimate of drug-likeness (QED) is 0.797. The Morgan fingerprint density at radius 2 is 2.42 bits per heavy atom. The fourth-order valence-corrected chi connectivity index (χ4v) is 1.80. The van der Waals surface area contributed by atoms with E-state index in [2.05, 4.69) is 4.99 Å². The number of nitrogens with one attached hydrogen (secondary N) is 1. The van der Waals surface area contributed by atoms with E-state index in [0.717, 1.165) is 0 Å². The van der Waals surface area contributed by atoms with Crippen LogP contribution in [-0.2, 0) is 4.79 Å². The van der Waals surface area contributed by atoms with Gasteiger partial charge in [-0.15, -0.1) is 0 Å². The summed E-state index contributed by atoms with van der Waals surface area (Å²) in [4.78, 5) is 17.6. The maximum atomic E-state index is 11.9. The molecule has 0 aliphatic carbocycles. The zero-order valence-corrected chi connectivity index (χ0v) is 10.7. The second-order valence-corrected chi connectivity index (χ2v) is 4.22. The Morgan fingerprint density at radius 1 is 1.63 bits per heavy atom. The first kappa shape index (κ1) is 13.2. The molecule has 6 heteroatoms. The van der Waals surface area contributed by atoms with E-state index in [1.54, 1.807) is 31.5 Å². The number of fused-ring (bicyclic) bond motifs is 1. The zero-order chi connectivity index (χ0) is 13.8. The standard InChI is InChI=1S/C13H16N4O2/c1-17-11-7-9(16-6-2-5-14)3-4-12(11)19-8-10(15)13(17)18/h3-7,10,14H,2,8,15H2,1H3. The number of amides is 1. The molecule has 1 aliphatic heterocycles. The number of anilines is 1. The highest BCUT2D eigenvalue weighted by Crippen LogP contribution is 2.33. The Bertz CT molecular complexity index is 527. The maximum absolute atomic E-state index is 11.9. The molecule has 3 N–H and O–H groups in total. The number of benzene rings is 1. The number of hydrogen-bond donors (Lipinski definition) is 2. The number of nitrogens with zero attached hydrogens (tertiary/aromatic N) is 2. The van der Waals surface area contributed by atoms with Crippen LogP contribution in [0.5, 0.6) is 5.75 Å². The molecule has 2 rings (SSSR count). The van der Waals surface area contributed by atoms with Crippen molar-refractivity contribution in [1.29, 1.82) is 5.41 Å². The first-order valence-corrected chi connectivity index (χ1v) is 5.95. The fourth-order valence-electron chi connectivity index (χ4n) is 1.80. The third-order valence-corrected chi connectivity index (χ3v) is 2.83. The highest BCUT2D eigenvalue weighted by Gasteiger charge is 2.26. The normalized spacial score (nSPS) is 18.9. The van der Waals surface area contributed by atoms with Crippen LogP contribution in [0.2, 0.25) is 0 Å². The van der Waals surface area contributed by atoms with Gasteiger partial charge in [0.05, 0.1) is 11.4 Å². The lowest BCUT2D eigenvalue weighted by Gasteiger charge is -2.17. The van der Waals surface area contributed by atoms with Crippen LogP contribution < -0.4 is 15.4 Å². The lowest BCUT2D eigenvalue weighted by atomic mass is 10.2. The van der Waals surface area contributed by atoms with E-state index in [1.807, 2.05) is 0 Å². The van der Waals surface area contributed by atoms with Crippen molar-refractivity contribution in [2.45, 2.75) is 12.5 Å². The first-order chi connectivity index (χ1) is 9.13. The molecule has 0 saturated heterocycles. The van der Waals surface area contributed by atoms with Crippen LogP contribution in [0, 0.1) is 5.41 Å². The summed E-state index contributed by atoms with van der Waals surface area (Å²) in [5.74, 6) is 0.439. The number of ether oxygens (including phenoxy) is 1. The summed E-state index contributed by atoms with van der Waals surface area (Å²) in [7, 11) is 1.67. The summed E-state index contributed by atoms with van der Waals surface area (Å²) >= 11 is 0. The van der Waals surface area contributed by atoms with E-state index in [4.69, 9.17) is 15.9 Å². The van der Waals surface area contributed by atoms with E-state index in [9.17, 15) is 4.79 Å². The Kier molecular flexibility index (Phi) is 3.91. The van der Waals surface area contributed by atoms with Crippen molar-refractivity contribution in [3.8, 4) is 5.75 Å². The van der Waals surface area contributed by atoms with E-state index in [1.165, 1.54) is 11.1 Å². The van der Waals surface area contributed by atoms with Gasteiger partial charge in [-0.25, -0.2) is 0 Å². The highest BCUT2D eigenvalue weighted by molar-refractivity contribution is 5.99. The highest BCUT2D eigenvalue weighted by atomic mass is 16.5. The van der Waals surface area contributed by atoms with Crippen LogP contribution in [0.25, 0.3) is 0 Å². The molecular weight excluding hydrogens is 244 g/mol. The summed E-state index contributed by atoms with van der Waals surface area (Å²) in [6.07, 6.45) is 3.39. The molecule has 1 aromatic carbocycles. The number of nitrogens with two attached hydrogens (primary N) is 1. The molecule has 1 unspecified atom stereocenters. The number of likely N-dealkylation sites (N-methyl/N-ethyl adjacent to an activating group) is 1. The van der Waals surface area contributed by atoms with Crippen LogP contribution in [0.15, 0.2) is 23.2 Å². The van der Waals surface area contributed by atoms with Crippen LogP contribution in [0.4, 0.5) is 11.4 Å². The number of carbonyl (C=O) groups is 1. The van der Waals surface area contributed by atoms with Gasteiger partial charge in [0, 0.05) is 25.9 Å². The van der Waals surface area contributed by atoms with Crippen LogP contribution in [0.1, 0.15) is 6.42 Å². The molecule has 1 amide bonds. The summed E-state index contributed by atoms with van der Waals surface area (Å²) in [6, 6.07) is 4.69. The molecule has 1 aliphatic rings. The molecule has 0 radical (unpaired) electrons. The Morgan fingerprint density at radius 3 is 3.16 bits per heavy atom. The second kappa shape index (κ2) is 5.62. The number of aliphatic imine (C=N–C) groups is 1. The van der Waals surface area contributed by atoms with Crippen LogP contribution in [-0.4, -0.2) is 38.0 Å². The van der Waals surface area contributed by atoms with Crippen molar-refractivity contribution in [3.63, 3.8) is 0 Å². The van der Waals surface area contributed by atoms with Gasteiger partial charge in [-0.2, -0.15) is 0 Å². The topological polar surface area (TPSA) is 91.8 Å². The van der Waals surface area contributed by atoms with E-state index in [0.29, 0.717) is 23.5 Å². The average molecular weight is 260 g/mol. The van der Waals surface area contributed by atoms with Gasteiger partial charge in [0.25, 0.3) is 0 Å². The van der Waals surface area contributed by atoms with Gasteiger partial charge < -0.3 is 20.8 Å². The Balaban J connectivity index is 2.33. The van der Waals surface area contributed by atoms with E-state index in [-0.39, 0.29) is 12.5 Å². The average Bonchev–Trinajstić information content (AvgIpc) is 2.52. The van der Waals surface area contributed by atoms with Gasteiger partial charge in [-0.3, -0.25) is 9.79 Å². The molecule has 100 valence electrons. The second-order valence-electron chi connectivity index (χ2n) is 4.22. The SMILES string of the molecule is CN1C(=O)C(N)COc2ccc(N=CCC=N)cc21. The monoisotopic (exact) mass is 260 g/mol. The molecule has 1 atom stereocenters. The van der Waals surface area contributed by atoms with Crippen LogP contribution >= 0.6 is 0 Å². The minimum absolute atomic E-state index is 0.173. The Hall–Kier alpha value is -2.21. The minimum Gasteiger partial charge on any atom is -0.489 e. The molecule has 0 saturated carbocycles. The van der Waals surface area contributed by atoms with Crippen molar-refractivity contribution in [2.24, 2.45) is 10.7 Å². The van der Waals surface area contributed by atoms with E-state index >= 15 is 0 Å². The van der Waals surface area contributed by atoms with E-state index < -0.39 is 6.04 Å². The van der Waals surface area contributed by atoms with Gasteiger partial charge in [0.1, 0.15) is 18.4 Å². The summed E-state index contributed by atoms with van der Waals surface area (Å²) in [6.45, 7) is 0.173. The first-order valence-electron chi connectivity index (χ1n) is 5.95. The van der Waals surface area contributed by atoms with Crippen molar-refractivity contribution >= 4 is 29.7 Å². The number of hydrogen-bond acceptors (Lipinski definition) is 5. The molecule has 0 aromatic heterocycles. The van der Waals surface area contributed by atoms with Gasteiger partial charge in [0.15, 0.2) is 0 Å². The lowest BCUT2D eigenvalue weighted by molar-refractivity contribution is -0.119. The summed E-state index contributed by atoms with van der Waals surface area (Å²) in [5, 5.41) is 6.93. The van der Waals surface area contributed by atoms with Crippen molar-refractivity contribution < 1.29 is 9.53 Å². The molecule has 1 heterocycles. The molecule has 0 spiro atoms. The predicted octanol–water partition coefficient (Wildman–Crippen LogP) is 1.11. The third kappa shape index (κ3) is 2.79. The third-order valence-electron chi connectivity index (χ3n) is 2.83. The number of carbonyl (C=O) groups excluding carboxylic acids is 1. The molecule has 19 heavy (non-hydrogen) atoms. The smallest absolute Gasteiger partial charge is 0.247 e. The van der Waals surface area contributed by atoms with Gasteiger partial charge in [-0.05, 0) is 18.2 Å². The minimum atomic E-state index is -0.651. The lowest BCUT2D eigenvalue weighted by Crippen LogP contribution is -2.43. The summed E-state index contributed by atoms with van der Waals surface area (Å²) < 4.78 is 5.51.